The standard InChI is InChI=1S/C19H21ClN4O/c1-4-9-21-19(25)16-11-22-24-13(3)15(12(2)23-18(16)24)10-14-7-5-6-8-17(14)20/h5-8,11H,4,9-10H2,1-3H3,(H,21,25). The van der Waals surface area contributed by atoms with Crippen molar-refractivity contribution >= 4 is 23.2 Å². The molecule has 25 heavy (non-hydrogen) atoms. The van der Waals surface area contributed by atoms with Crippen molar-refractivity contribution in [2.45, 2.75) is 33.6 Å². The SMILES string of the molecule is CCCNC(=O)c1cnn2c(C)c(Cc3ccccc3Cl)c(C)nc12. The van der Waals surface area contributed by atoms with Gasteiger partial charge in [-0.1, -0.05) is 36.7 Å². The van der Waals surface area contributed by atoms with Gasteiger partial charge in [-0.05, 0) is 37.5 Å². The van der Waals surface area contributed by atoms with Crippen molar-refractivity contribution in [1.29, 1.82) is 0 Å². The second kappa shape index (κ2) is 7.23. The Bertz CT molecular complexity index is 933. The number of carbonyl (C=O) groups excluding carboxylic acids is 1. The van der Waals surface area contributed by atoms with Gasteiger partial charge in [0, 0.05) is 29.4 Å². The summed E-state index contributed by atoms with van der Waals surface area (Å²) in [6.07, 6.45) is 3.15. The smallest absolute Gasteiger partial charge is 0.256 e. The van der Waals surface area contributed by atoms with E-state index in [1.807, 2.05) is 45.0 Å². The summed E-state index contributed by atoms with van der Waals surface area (Å²) in [7, 11) is 0. The molecule has 0 unspecified atom stereocenters. The van der Waals surface area contributed by atoms with Crippen molar-refractivity contribution in [2.24, 2.45) is 0 Å². The molecule has 3 aromatic rings. The van der Waals surface area contributed by atoms with Crippen molar-refractivity contribution in [1.82, 2.24) is 19.9 Å². The minimum Gasteiger partial charge on any atom is -0.352 e. The monoisotopic (exact) mass is 356 g/mol. The van der Waals surface area contributed by atoms with Gasteiger partial charge in [0.2, 0.25) is 0 Å². The first-order valence-electron chi connectivity index (χ1n) is 8.38. The highest BCUT2D eigenvalue weighted by molar-refractivity contribution is 6.31. The van der Waals surface area contributed by atoms with Gasteiger partial charge in [0.25, 0.3) is 5.91 Å². The molecule has 0 aliphatic carbocycles. The lowest BCUT2D eigenvalue weighted by atomic mass is 10.0. The summed E-state index contributed by atoms with van der Waals surface area (Å²) >= 11 is 6.30. The Kier molecular flexibility index (Phi) is 5.04. The molecular weight excluding hydrogens is 336 g/mol. The van der Waals surface area contributed by atoms with Crippen LogP contribution in [0.25, 0.3) is 5.65 Å². The van der Waals surface area contributed by atoms with Gasteiger partial charge in [0.15, 0.2) is 5.65 Å². The summed E-state index contributed by atoms with van der Waals surface area (Å²) in [5, 5.41) is 7.99. The number of amides is 1. The molecular formula is C19H21ClN4O. The predicted octanol–water partition coefficient (Wildman–Crippen LogP) is 3.73. The number of aromatic nitrogens is 3. The first kappa shape index (κ1) is 17.4. The molecule has 130 valence electrons. The summed E-state index contributed by atoms with van der Waals surface area (Å²) in [5.74, 6) is -0.137. The zero-order chi connectivity index (χ0) is 18.0. The van der Waals surface area contributed by atoms with Crippen LogP contribution in [0, 0.1) is 13.8 Å². The van der Waals surface area contributed by atoms with Gasteiger partial charge < -0.3 is 5.32 Å². The number of carbonyl (C=O) groups is 1. The van der Waals surface area contributed by atoms with Crippen LogP contribution >= 0.6 is 11.6 Å². The van der Waals surface area contributed by atoms with Crippen molar-refractivity contribution in [3.05, 3.63) is 63.6 Å². The molecule has 6 heteroatoms. The van der Waals surface area contributed by atoms with Gasteiger partial charge in [-0.3, -0.25) is 4.79 Å². The minimum atomic E-state index is -0.137. The van der Waals surface area contributed by atoms with Gasteiger partial charge in [0.05, 0.1) is 6.20 Å². The maximum absolute atomic E-state index is 12.3. The van der Waals surface area contributed by atoms with E-state index in [2.05, 4.69) is 15.4 Å². The largest absolute Gasteiger partial charge is 0.352 e. The van der Waals surface area contributed by atoms with E-state index in [4.69, 9.17) is 11.6 Å². The molecule has 0 spiro atoms. The Balaban J connectivity index is 2.03. The molecule has 0 saturated carbocycles. The average Bonchev–Trinajstić information content (AvgIpc) is 3.02. The minimum absolute atomic E-state index is 0.137. The molecule has 2 heterocycles. The van der Waals surface area contributed by atoms with Gasteiger partial charge in [0.1, 0.15) is 5.56 Å². The second-order valence-corrected chi connectivity index (χ2v) is 6.49. The molecule has 1 aromatic carbocycles. The zero-order valence-electron chi connectivity index (χ0n) is 14.6. The summed E-state index contributed by atoms with van der Waals surface area (Å²) in [6.45, 7) is 6.61. The predicted molar refractivity (Wildman–Crippen MR) is 99.3 cm³/mol. The van der Waals surface area contributed by atoms with Crippen LogP contribution in [0.2, 0.25) is 5.02 Å². The highest BCUT2D eigenvalue weighted by Crippen LogP contribution is 2.23. The average molecular weight is 357 g/mol. The molecule has 0 bridgehead atoms. The Morgan fingerprint density at radius 2 is 2.04 bits per heavy atom. The third-order valence-corrected chi connectivity index (χ3v) is 4.68. The van der Waals surface area contributed by atoms with E-state index in [-0.39, 0.29) is 5.91 Å². The normalized spacial score (nSPS) is 11.0. The lowest BCUT2D eigenvalue weighted by Gasteiger charge is -2.12. The third-order valence-electron chi connectivity index (χ3n) is 4.31. The number of fused-ring (bicyclic) bond motifs is 1. The number of rotatable bonds is 5. The lowest BCUT2D eigenvalue weighted by molar-refractivity contribution is 0.0955. The van der Waals surface area contributed by atoms with Gasteiger partial charge in [-0.25, -0.2) is 9.50 Å². The van der Waals surface area contributed by atoms with Crippen molar-refractivity contribution < 1.29 is 4.79 Å². The molecule has 3 rings (SSSR count). The van der Waals surface area contributed by atoms with Crippen LogP contribution in [0.3, 0.4) is 0 Å². The number of benzene rings is 1. The van der Waals surface area contributed by atoms with Crippen molar-refractivity contribution in [3.63, 3.8) is 0 Å². The highest BCUT2D eigenvalue weighted by atomic mass is 35.5. The molecule has 1 N–H and O–H groups in total. The van der Waals surface area contributed by atoms with Crippen LogP contribution < -0.4 is 5.32 Å². The number of aryl methyl sites for hydroxylation is 2. The number of halogens is 1. The Morgan fingerprint density at radius 3 is 2.76 bits per heavy atom. The maximum atomic E-state index is 12.3. The van der Waals surface area contributed by atoms with Gasteiger partial charge in [-0.2, -0.15) is 5.10 Å². The third kappa shape index (κ3) is 3.37. The van der Waals surface area contributed by atoms with Gasteiger partial charge >= 0.3 is 0 Å². The van der Waals surface area contributed by atoms with Crippen LogP contribution in [0.1, 0.15) is 46.2 Å². The molecule has 0 fully saturated rings. The topological polar surface area (TPSA) is 59.3 Å². The molecule has 2 aromatic heterocycles. The van der Waals surface area contributed by atoms with Crippen LogP contribution in [0.5, 0.6) is 0 Å². The van der Waals surface area contributed by atoms with Crippen LogP contribution in [-0.2, 0) is 6.42 Å². The van der Waals surface area contributed by atoms with E-state index in [1.54, 1.807) is 10.7 Å². The molecule has 0 atom stereocenters. The van der Waals surface area contributed by atoms with E-state index in [0.717, 1.165) is 34.0 Å². The number of hydrogen-bond donors (Lipinski definition) is 1. The zero-order valence-corrected chi connectivity index (χ0v) is 15.4. The van der Waals surface area contributed by atoms with E-state index >= 15 is 0 Å². The number of nitrogens with one attached hydrogen (secondary N) is 1. The summed E-state index contributed by atoms with van der Waals surface area (Å²) in [5.41, 5.74) is 5.07. The second-order valence-electron chi connectivity index (χ2n) is 6.08. The van der Waals surface area contributed by atoms with Crippen LogP contribution in [0.15, 0.2) is 30.5 Å². The van der Waals surface area contributed by atoms with Crippen LogP contribution in [-0.4, -0.2) is 27.0 Å². The number of hydrogen-bond acceptors (Lipinski definition) is 3. The van der Waals surface area contributed by atoms with Crippen molar-refractivity contribution in [2.75, 3.05) is 6.54 Å². The van der Waals surface area contributed by atoms with E-state index < -0.39 is 0 Å². The molecule has 1 amide bonds. The van der Waals surface area contributed by atoms with Gasteiger partial charge in [-0.15, -0.1) is 0 Å². The molecule has 5 nitrogen and oxygen atoms in total. The fourth-order valence-corrected chi connectivity index (χ4v) is 3.10. The summed E-state index contributed by atoms with van der Waals surface area (Å²) in [6, 6.07) is 7.79. The van der Waals surface area contributed by atoms with Crippen molar-refractivity contribution in [3.8, 4) is 0 Å². The summed E-state index contributed by atoms with van der Waals surface area (Å²) in [4.78, 5) is 16.9. The Hall–Kier alpha value is -2.40. The fourth-order valence-electron chi connectivity index (χ4n) is 2.89. The Morgan fingerprint density at radius 1 is 1.28 bits per heavy atom. The Labute approximate surface area is 152 Å². The van der Waals surface area contributed by atoms with E-state index in [9.17, 15) is 4.79 Å². The van der Waals surface area contributed by atoms with E-state index in [0.29, 0.717) is 24.2 Å². The first-order valence-corrected chi connectivity index (χ1v) is 8.76. The quantitative estimate of drug-likeness (QED) is 0.757. The molecule has 0 radical (unpaired) electrons. The maximum Gasteiger partial charge on any atom is 0.256 e. The lowest BCUT2D eigenvalue weighted by Crippen LogP contribution is -2.24. The van der Waals surface area contributed by atoms with E-state index in [1.165, 1.54) is 0 Å². The summed E-state index contributed by atoms with van der Waals surface area (Å²) < 4.78 is 1.74. The fraction of sp³-hybridized carbons (Fsp3) is 0.316. The molecule has 0 aliphatic heterocycles. The highest BCUT2D eigenvalue weighted by Gasteiger charge is 2.18. The molecule has 0 saturated heterocycles. The van der Waals surface area contributed by atoms with Crippen LogP contribution in [0.4, 0.5) is 0 Å². The number of nitrogens with zero attached hydrogens (tertiary/aromatic N) is 3. The molecule has 0 aliphatic rings. The first-order chi connectivity index (χ1) is 12.0.